The van der Waals surface area contributed by atoms with Crippen LogP contribution in [0.2, 0.25) is 0 Å². The highest BCUT2D eigenvalue weighted by atomic mass is 127. The third-order valence-corrected chi connectivity index (χ3v) is 6.08. The van der Waals surface area contributed by atoms with Crippen molar-refractivity contribution in [3.8, 4) is 0 Å². The number of nitrogens with zero attached hydrogens (tertiary/aromatic N) is 4. The van der Waals surface area contributed by atoms with Crippen molar-refractivity contribution in [3.05, 3.63) is 0 Å². The molecule has 2 N–H and O–H groups in total. The number of halogens is 1. The van der Waals surface area contributed by atoms with Crippen LogP contribution >= 0.6 is 24.0 Å². The molecule has 2 saturated heterocycles. The molecule has 29 heavy (non-hydrogen) atoms. The number of nitrogens with one attached hydrogen (secondary N) is 2. The minimum Gasteiger partial charge on any atom is -0.356 e. The minimum absolute atomic E-state index is 0. The lowest BCUT2D eigenvalue weighted by molar-refractivity contribution is -0.133. The van der Waals surface area contributed by atoms with Gasteiger partial charge in [0.25, 0.3) is 0 Å². The number of aliphatic imine (C=N–C) groups is 1. The molecule has 170 valence electrons. The van der Waals surface area contributed by atoms with Crippen molar-refractivity contribution < 1.29 is 4.79 Å². The lowest BCUT2D eigenvalue weighted by atomic mass is 10.0. The second-order valence-corrected chi connectivity index (χ2v) is 8.44. The van der Waals surface area contributed by atoms with Gasteiger partial charge in [-0.2, -0.15) is 0 Å². The molecule has 2 aliphatic rings. The summed E-state index contributed by atoms with van der Waals surface area (Å²) in [5.74, 6) is 1.12. The second kappa shape index (κ2) is 14.4. The summed E-state index contributed by atoms with van der Waals surface area (Å²) in [4.78, 5) is 23.3. The number of likely N-dealkylation sites (N-methyl/N-ethyl adjacent to an activating group) is 1. The Morgan fingerprint density at radius 3 is 2.21 bits per heavy atom. The standard InChI is InChI=1S/C21H42N6O.HI/c1-18-10-5-6-14-26(18)16-8-12-23-21(22-2)24-13-9-17-27-15-7-11-19(27)20(28)25(3)4;/h18-19H,5-17H2,1-4H3,(H2,22,23,24);1H. The second-order valence-electron chi connectivity index (χ2n) is 8.44. The van der Waals surface area contributed by atoms with Gasteiger partial charge in [-0.25, -0.2) is 0 Å². The first-order valence-electron chi connectivity index (χ1n) is 11.2. The summed E-state index contributed by atoms with van der Waals surface area (Å²) in [6.45, 7) is 8.59. The van der Waals surface area contributed by atoms with Crippen LogP contribution in [-0.2, 0) is 4.79 Å². The molecule has 7 nitrogen and oxygen atoms in total. The van der Waals surface area contributed by atoms with E-state index in [4.69, 9.17) is 0 Å². The van der Waals surface area contributed by atoms with Crippen LogP contribution in [0.4, 0.5) is 0 Å². The van der Waals surface area contributed by atoms with Gasteiger partial charge >= 0.3 is 0 Å². The van der Waals surface area contributed by atoms with Crippen LogP contribution in [0.5, 0.6) is 0 Å². The third kappa shape index (κ3) is 8.96. The number of rotatable bonds is 9. The van der Waals surface area contributed by atoms with E-state index in [9.17, 15) is 4.79 Å². The van der Waals surface area contributed by atoms with E-state index in [1.807, 2.05) is 21.1 Å². The first-order valence-corrected chi connectivity index (χ1v) is 11.2. The molecule has 2 rings (SSSR count). The first-order chi connectivity index (χ1) is 13.5. The van der Waals surface area contributed by atoms with E-state index in [1.165, 1.54) is 32.4 Å². The summed E-state index contributed by atoms with van der Waals surface area (Å²) in [5, 5.41) is 6.84. The van der Waals surface area contributed by atoms with Crippen LogP contribution in [0.3, 0.4) is 0 Å². The summed E-state index contributed by atoms with van der Waals surface area (Å²) in [6.07, 6.45) is 8.35. The quantitative estimate of drug-likeness (QED) is 0.210. The van der Waals surface area contributed by atoms with Gasteiger partial charge in [0.05, 0.1) is 6.04 Å². The van der Waals surface area contributed by atoms with Gasteiger partial charge in [-0.15, -0.1) is 24.0 Å². The highest BCUT2D eigenvalue weighted by Crippen LogP contribution is 2.18. The zero-order valence-corrected chi connectivity index (χ0v) is 21.3. The Labute approximate surface area is 195 Å². The molecule has 2 fully saturated rings. The van der Waals surface area contributed by atoms with Crippen LogP contribution in [0, 0.1) is 0 Å². The van der Waals surface area contributed by atoms with Gasteiger partial charge in [-0.1, -0.05) is 6.42 Å². The van der Waals surface area contributed by atoms with Crippen molar-refractivity contribution in [2.75, 3.05) is 60.4 Å². The first kappa shape index (κ1) is 26.4. The molecule has 0 aromatic heterocycles. The summed E-state index contributed by atoms with van der Waals surface area (Å²) in [5.41, 5.74) is 0. The lowest BCUT2D eigenvalue weighted by Crippen LogP contribution is -2.44. The largest absolute Gasteiger partial charge is 0.356 e. The van der Waals surface area contributed by atoms with Crippen LogP contribution in [0.25, 0.3) is 0 Å². The maximum atomic E-state index is 12.3. The molecular formula is C21H43IN6O. The highest BCUT2D eigenvalue weighted by molar-refractivity contribution is 14.0. The van der Waals surface area contributed by atoms with Crippen molar-refractivity contribution in [1.82, 2.24) is 25.3 Å². The number of hydrogen-bond donors (Lipinski definition) is 2. The minimum atomic E-state index is 0. The predicted octanol–water partition coefficient (Wildman–Crippen LogP) is 1.98. The fraction of sp³-hybridized carbons (Fsp3) is 0.905. The molecule has 2 heterocycles. The van der Waals surface area contributed by atoms with E-state index >= 15 is 0 Å². The normalized spacial score (nSPS) is 23.5. The van der Waals surface area contributed by atoms with Crippen molar-refractivity contribution in [1.29, 1.82) is 0 Å². The zero-order chi connectivity index (χ0) is 20.4. The maximum absolute atomic E-state index is 12.3. The van der Waals surface area contributed by atoms with Crippen molar-refractivity contribution in [2.45, 2.75) is 64.0 Å². The van der Waals surface area contributed by atoms with Crippen LogP contribution in [0.15, 0.2) is 4.99 Å². The van der Waals surface area contributed by atoms with Crippen LogP contribution in [-0.4, -0.2) is 99.1 Å². The Bertz CT molecular complexity index is 502. The van der Waals surface area contributed by atoms with Gasteiger partial charge in [0.2, 0.25) is 5.91 Å². The molecule has 8 heteroatoms. The summed E-state index contributed by atoms with van der Waals surface area (Å²) >= 11 is 0. The van der Waals surface area contributed by atoms with Gasteiger partial charge in [0.15, 0.2) is 5.96 Å². The molecule has 2 unspecified atom stereocenters. The SMILES string of the molecule is CN=C(NCCCN1CCCCC1C)NCCCN1CCCC1C(=O)N(C)C.I. The summed E-state index contributed by atoms with van der Waals surface area (Å²) in [7, 11) is 5.53. The maximum Gasteiger partial charge on any atom is 0.239 e. The molecule has 2 atom stereocenters. The fourth-order valence-electron chi connectivity index (χ4n) is 4.36. The van der Waals surface area contributed by atoms with Crippen molar-refractivity contribution in [2.24, 2.45) is 4.99 Å². The van der Waals surface area contributed by atoms with Crippen LogP contribution < -0.4 is 10.6 Å². The number of piperidine rings is 1. The van der Waals surface area contributed by atoms with E-state index in [0.717, 1.165) is 63.9 Å². The molecule has 0 spiro atoms. The predicted molar refractivity (Wildman–Crippen MR) is 132 cm³/mol. The Kier molecular flexibility index (Phi) is 13.1. The summed E-state index contributed by atoms with van der Waals surface area (Å²) in [6, 6.07) is 0.810. The summed E-state index contributed by atoms with van der Waals surface area (Å²) < 4.78 is 0. The lowest BCUT2D eigenvalue weighted by Gasteiger charge is -2.33. The van der Waals surface area contributed by atoms with Gasteiger partial charge in [-0.05, 0) is 58.5 Å². The topological polar surface area (TPSA) is 63.2 Å². The van der Waals surface area contributed by atoms with Crippen molar-refractivity contribution >= 4 is 35.8 Å². The molecule has 0 aromatic rings. The Hall–Kier alpha value is -0.610. The van der Waals surface area contributed by atoms with E-state index in [2.05, 4.69) is 32.3 Å². The number of hydrogen-bond acceptors (Lipinski definition) is 4. The molecule has 1 amide bonds. The van der Waals surface area contributed by atoms with E-state index in [-0.39, 0.29) is 35.9 Å². The van der Waals surface area contributed by atoms with E-state index in [0.29, 0.717) is 0 Å². The van der Waals surface area contributed by atoms with E-state index in [1.54, 1.807) is 4.90 Å². The molecule has 0 bridgehead atoms. The number of carbonyl (C=O) groups is 1. The van der Waals surface area contributed by atoms with Gasteiger partial charge in [-0.3, -0.25) is 14.7 Å². The molecule has 0 aromatic carbocycles. The Morgan fingerprint density at radius 2 is 1.62 bits per heavy atom. The van der Waals surface area contributed by atoms with E-state index < -0.39 is 0 Å². The average Bonchev–Trinajstić information content (AvgIpc) is 3.15. The third-order valence-electron chi connectivity index (χ3n) is 6.08. The van der Waals surface area contributed by atoms with Gasteiger partial charge in [0, 0.05) is 53.4 Å². The molecule has 0 saturated carbocycles. The van der Waals surface area contributed by atoms with Crippen LogP contribution in [0.1, 0.15) is 51.9 Å². The smallest absolute Gasteiger partial charge is 0.239 e. The Balaban J connectivity index is 0.00000420. The molecule has 0 radical (unpaired) electrons. The number of carbonyl (C=O) groups excluding carboxylic acids is 1. The molecular weight excluding hydrogens is 479 g/mol. The highest BCUT2D eigenvalue weighted by Gasteiger charge is 2.30. The zero-order valence-electron chi connectivity index (χ0n) is 19.0. The van der Waals surface area contributed by atoms with Gasteiger partial charge in [0.1, 0.15) is 0 Å². The number of amides is 1. The van der Waals surface area contributed by atoms with Crippen molar-refractivity contribution in [3.63, 3.8) is 0 Å². The number of likely N-dealkylation sites (tertiary alicyclic amines) is 2. The molecule has 2 aliphatic heterocycles. The van der Waals surface area contributed by atoms with Gasteiger partial charge < -0.3 is 20.4 Å². The monoisotopic (exact) mass is 522 g/mol. The fourth-order valence-corrected chi connectivity index (χ4v) is 4.36. The average molecular weight is 523 g/mol. The molecule has 0 aliphatic carbocycles. The number of guanidine groups is 1. The Morgan fingerprint density at radius 1 is 1.00 bits per heavy atom.